The Balaban J connectivity index is 1.66. The maximum atomic E-state index is 7.10. The summed E-state index contributed by atoms with van der Waals surface area (Å²) in [6.07, 6.45) is 79.4. The zero-order valence-electron chi connectivity index (χ0n) is 69.1. The lowest BCUT2D eigenvalue weighted by atomic mass is 9.94. The van der Waals surface area contributed by atoms with E-state index in [4.69, 9.17) is 79.5 Å². The summed E-state index contributed by atoms with van der Waals surface area (Å²) in [5.41, 5.74) is 8.85. The lowest BCUT2D eigenvalue weighted by molar-refractivity contribution is 0.297. The van der Waals surface area contributed by atoms with Crippen molar-refractivity contribution in [3.8, 4) is 119 Å². The fraction of sp³-hybridized carbons (Fsp3) is 0.600. The average molecular weight is 1500 g/mol. The van der Waals surface area contributed by atoms with Crippen LogP contribution in [-0.4, -0.2) is 66.1 Å². The largest absolute Gasteiger partial charge is 0.493 e. The van der Waals surface area contributed by atoms with Gasteiger partial charge in [-0.1, -0.05) is 289 Å². The first kappa shape index (κ1) is 90.8. The zero-order valence-corrected chi connectivity index (χ0v) is 69.1. The van der Waals surface area contributed by atoms with E-state index in [9.17, 15) is 0 Å². The molecule has 10 nitrogen and oxygen atoms in total. The molecule has 0 atom stereocenters. The van der Waals surface area contributed by atoms with Gasteiger partial charge in [0.25, 0.3) is 0 Å². The summed E-state index contributed by atoms with van der Waals surface area (Å²) in [6, 6.07) is 21.2. The van der Waals surface area contributed by atoms with Crippen LogP contribution in [0.25, 0.3) is 0 Å². The van der Waals surface area contributed by atoms with Gasteiger partial charge in [0.1, 0.15) is 90.5 Å². The van der Waals surface area contributed by atoms with Gasteiger partial charge in [0.05, 0.1) is 33.0 Å². The van der Waals surface area contributed by atoms with Gasteiger partial charge in [-0.3, -0.25) is 0 Å². The number of unbranched alkanes of at least 4 members (excludes halogenated alkanes) is 35. The Labute approximate surface area is 668 Å². The van der Waals surface area contributed by atoms with Gasteiger partial charge in [-0.15, -0.1) is 32.1 Å². The molecule has 0 saturated heterocycles. The third-order valence-electron chi connectivity index (χ3n) is 21.0. The number of hydrogen-bond donors (Lipinski definition) is 0. The molecule has 110 heavy (non-hydrogen) atoms. The fourth-order valence-corrected chi connectivity index (χ4v) is 14.7. The summed E-state index contributed by atoms with van der Waals surface area (Å²) < 4.78 is 69.0. The van der Waals surface area contributed by atoms with Crippen molar-refractivity contribution in [3.05, 3.63) is 116 Å². The molecule has 10 heteroatoms. The molecule has 0 aliphatic heterocycles. The van der Waals surface area contributed by atoms with Crippen LogP contribution in [0.4, 0.5) is 0 Å². The molecular weight excluding hydrogens is 1360 g/mol. The van der Waals surface area contributed by atoms with E-state index < -0.39 is 0 Å². The van der Waals surface area contributed by atoms with Crippen LogP contribution in [0, 0.1) is 61.7 Å². The summed E-state index contributed by atoms with van der Waals surface area (Å²) in [6.45, 7) is 14.2. The van der Waals surface area contributed by atoms with Crippen LogP contribution in [0.5, 0.6) is 57.5 Å². The Kier molecular flexibility index (Phi) is 47.8. The molecule has 0 radical (unpaired) electrons. The molecule has 0 saturated carbocycles. The molecule has 5 aromatic carbocycles. The number of hydrogen-bond acceptors (Lipinski definition) is 10. The minimum Gasteiger partial charge on any atom is -0.493 e. The second-order valence-corrected chi connectivity index (χ2v) is 30.3. The summed E-state index contributed by atoms with van der Waals surface area (Å²) in [5, 5.41) is 0. The second-order valence-electron chi connectivity index (χ2n) is 30.3. The third kappa shape index (κ3) is 35.1. The molecule has 600 valence electrons. The van der Waals surface area contributed by atoms with Gasteiger partial charge in [-0.25, -0.2) is 0 Å². The quantitative estimate of drug-likeness (QED) is 0.0272. The molecule has 0 N–H and O–H groups in total. The highest BCUT2D eigenvalue weighted by Crippen LogP contribution is 2.44. The molecular formula is C100H140O10. The van der Waals surface area contributed by atoms with Gasteiger partial charge in [-0.05, 0) is 92.8 Å². The molecule has 10 aliphatic carbocycles. The maximum Gasteiger partial charge on any atom is 0.148 e. The van der Waals surface area contributed by atoms with E-state index in [-0.39, 0.29) is 33.0 Å². The molecule has 0 fully saturated rings. The van der Waals surface area contributed by atoms with Crippen molar-refractivity contribution < 1.29 is 47.4 Å². The van der Waals surface area contributed by atoms with Crippen molar-refractivity contribution in [3.63, 3.8) is 0 Å². The topological polar surface area (TPSA) is 92.3 Å². The van der Waals surface area contributed by atoms with Crippen LogP contribution in [0.15, 0.2) is 60.7 Å². The molecule has 0 heterocycles. The smallest absolute Gasteiger partial charge is 0.148 e. The lowest BCUT2D eigenvalue weighted by Gasteiger charge is -2.22. The molecule has 5 aromatic rings. The molecule has 0 aromatic heterocycles. The molecule has 0 unspecified atom stereocenters. The number of terminal acetylenes is 5. The molecule has 10 bridgehead atoms. The maximum absolute atomic E-state index is 7.10. The Morgan fingerprint density at radius 3 is 0.427 bits per heavy atom. The molecule has 15 rings (SSSR count). The van der Waals surface area contributed by atoms with Crippen LogP contribution >= 0.6 is 0 Å². The number of benzene rings is 5. The monoisotopic (exact) mass is 1500 g/mol. The number of rotatable bonds is 60. The predicted octanol–water partition coefficient (Wildman–Crippen LogP) is 25.6. The zero-order chi connectivity index (χ0) is 78.1. The van der Waals surface area contributed by atoms with Crippen molar-refractivity contribution in [2.24, 2.45) is 0 Å². The van der Waals surface area contributed by atoms with Crippen molar-refractivity contribution in [1.82, 2.24) is 0 Å². The summed E-state index contributed by atoms with van der Waals surface area (Å²) in [5.74, 6) is 20.7. The van der Waals surface area contributed by atoms with Gasteiger partial charge in [-0.2, -0.15) is 0 Å². The Bertz CT molecular complexity index is 3040. The Morgan fingerprint density at radius 2 is 0.300 bits per heavy atom. The minimum atomic E-state index is 0.0411. The molecule has 0 spiro atoms. The first-order valence-electron chi connectivity index (χ1n) is 43.5. The van der Waals surface area contributed by atoms with Crippen LogP contribution in [0.1, 0.15) is 347 Å². The van der Waals surface area contributed by atoms with Crippen molar-refractivity contribution in [1.29, 1.82) is 0 Å². The highest BCUT2D eigenvalue weighted by atomic mass is 16.5. The standard InChI is InChI=1S/C100H140O10/c1-11-21-26-31-36-41-46-51-61-106-96-76-81-67-87-72-93(103-58-18-8)83(78-98(87)108-63-53-48-43-38-33-28-23-13-3)69-89-74-95(105-60-20-10)85(80-100(89)110-65-55-50-45-40-35-30-25-15-5)70-90-75-94(104-59-19-9)84(79-99(90)109-64-54-49-44-39-34-29-24-14-4)68-88-73-92(102-57-17-7)82(66-86(96)71-91(81)101-56-16-6)77-97(88)107-62-52-47-42-37-32-27-22-12-2/h6-10,71-80H,11-15,21-70H2,1-5H3. The lowest BCUT2D eigenvalue weighted by Crippen LogP contribution is -2.09. The normalized spacial score (nSPS) is 11.6. The van der Waals surface area contributed by atoms with Crippen LogP contribution in [0.2, 0.25) is 0 Å². The third-order valence-corrected chi connectivity index (χ3v) is 21.0. The number of ether oxygens (including phenoxy) is 10. The van der Waals surface area contributed by atoms with E-state index in [0.29, 0.717) is 93.9 Å². The van der Waals surface area contributed by atoms with Crippen molar-refractivity contribution >= 4 is 0 Å². The Morgan fingerprint density at radius 1 is 0.182 bits per heavy atom. The summed E-state index contributed by atoms with van der Waals surface area (Å²) in [4.78, 5) is 0. The van der Waals surface area contributed by atoms with Crippen molar-refractivity contribution in [2.75, 3.05) is 66.1 Å². The first-order valence-corrected chi connectivity index (χ1v) is 43.5. The van der Waals surface area contributed by atoms with E-state index in [1.165, 1.54) is 161 Å². The van der Waals surface area contributed by atoms with Crippen LogP contribution in [0.3, 0.4) is 0 Å². The molecule has 0 amide bonds. The van der Waals surface area contributed by atoms with Gasteiger partial charge >= 0.3 is 0 Å². The summed E-state index contributed by atoms with van der Waals surface area (Å²) >= 11 is 0. The first-order chi connectivity index (χ1) is 54.2. The Hall–Kier alpha value is -8.10. The highest BCUT2D eigenvalue weighted by Gasteiger charge is 2.26. The van der Waals surface area contributed by atoms with Crippen LogP contribution < -0.4 is 47.4 Å². The van der Waals surface area contributed by atoms with E-state index >= 15 is 0 Å². The van der Waals surface area contributed by atoms with Crippen LogP contribution in [-0.2, 0) is 32.1 Å². The van der Waals surface area contributed by atoms with Gasteiger partial charge in [0.15, 0.2) is 0 Å². The van der Waals surface area contributed by atoms with E-state index in [2.05, 4.69) is 125 Å². The molecule has 10 aliphatic rings. The van der Waals surface area contributed by atoms with Gasteiger partial charge in [0.2, 0.25) is 0 Å². The average Bonchev–Trinajstić information content (AvgIpc) is 0.851. The second kappa shape index (κ2) is 57.9. The SMILES string of the molecule is C#CCOc1cc2c(OCCCCCCCCCC)cc1Cc1cc(OCC#C)c(cc1OCCCCCCCCCC)Cc1cc(OCC#C)c(cc1OCCCCCCCCCC)Cc1cc(OCC#C)c(cc1OCCCCCCCCCC)Cc1cc(OCC#C)c(cc1OCCCCCCCCCC)C2. The van der Waals surface area contributed by atoms with Gasteiger partial charge in [0, 0.05) is 87.7 Å². The minimum absolute atomic E-state index is 0.0411. The fourth-order valence-electron chi connectivity index (χ4n) is 14.7. The van der Waals surface area contributed by atoms with E-state index in [1.807, 2.05) is 0 Å². The van der Waals surface area contributed by atoms with E-state index in [0.717, 1.165) is 181 Å². The highest BCUT2D eigenvalue weighted by molar-refractivity contribution is 5.60. The van der Waals surface area contributed by atoms with Crippen molar-refractivity contribution in [2.45, 2.75) is 324 Å². The van der Waals surface area contributed by atoms with E-state index in [1.54, 1.807) is 0 Å². The summed E-state index contributed by atoms with van der Waals surface area (Å²) in [7, 11) is 0. The predicted molar refractivity (Wildman–Crippen MR) is 458 cm³/mol. The van der Waals surface area contributed by atoms with Gasteiger partial charge < -0.3 is 47.4 Å².